The van der Waals surface area contributed by atoms with Crippen LogP contribution in [-0.2, 0) is 6.54 Å². The summed E-state index contributed by atoms with van der Waals surface area (Å²) in [6.07, 6.45) is -0.959. The van der Waals surface area contributed by atoms with Gasteiger partial charge in [-0.1, -0.05) is 0 Å². The fraction of sp³-hybridized carbons (Fsp3) is 0.417. The van der Waals surface area contributed by atoms with Crippen LogP contribution < -0.4 is 9.47 Å². The maximum absolute atomic E-state index is 10.8. The molecule has 17 heavy (non-hydrogen) atoms. The molecule has 0 aliphatic heterocycles. The molecule has 0 radical (unpaired) electrons. The molecule has 1 rings (SSSR count). The van der Waals surface area contributed by atoms with Gasteiger partial charge in [0.25, 0.3) is 0 Å². The predicted octanol–water partition coefficient (Wildman–Crippen LogP) is 2.12. The molecule has 0 saturated carbocycles. The quantitative estimate of drug-likeness (QED) is 0.874. The van der Waals surface area contributed by atoms with Crippen LogP contribution in [0, 0.1) is 6.92 Å². The molecule has 1 aromatic rings. The highest BCUT2D eigenvalue weighted by Crippen LogP contribution is 2.30. The Hall–Kier alpha value is -1.91. The molecule has 0 aromatic heterocycles. The average molecular weight is 239 g/mol. The number of ether oxygens (including phenoxy) is 2. The molecule has 0 unspecified atom stereocenters. The number of carbonyl (C=O) groups is 1. The topological polar surface area (TPSA) is 59.0 Å². The van der Waals surface area contributed by atoms with Gasteiger partial charge in [0.1, 0.15) is 0 Å². The van der Waals surface area contributed by atoms with E-state index in [2.05, 4.69) is 0 Å². The molecule has 0 aliphatic carbocycles. The minimum absolute atomic E-state index is 0.321. The van der Waals surface area contributed by atoms with Crippen molar-refractivity contribution in [1.82, 2.24) is 4.90 Å². The van der Waals surface area contributed by atoms with E-state index in [4.69, 9.17) is 14.6 Å². The molecule has 5 heteroatoms. The van der Waals surface area contributed by atoms with E-state index < -0.39 is 6.09 Å². The van der Waals surface area contributed by atoms with E-state index in [1.165, 1.54) is 11.9 Å². The second-order valence-corrected chi connectivity index (χ2v) is 3.77. The zero-order chi connectivity index (χ0) is 13.0. The number of methoxy groups -OCH3 is 2. The predicted molar refractivity (Wildman–Crippen MR) is 63.8 cm³/mol. The van der Waals surface area contributed by atoms with E-state index >= 15 is 0 Å². The van der Waals surface area contributed by atoms with Crippen molar-refractivity contribution in [2.75, 3.05) is 21.3 Å². The minimum Gasteiger partial charge on any atom is -0.493 e. The van der Waals surface area contributed by atoms with Gasteiger partial charge in [-0.2, -0.15) is 0 Å². The highest BCUT2D eigenvalue weighted by atomic mass is 16.5. The van der Waals surface area contributed by atoms with Crippen molar-refractivity contribution in [1.29, 1.82) is 0 Å². The van der Waals surface area contributed by atoms with Gasteiger partial charge >= 0.3 is 6.09 Å². The largest absolute Gasteiger partial charge is 0.493 e. The molecule has 5 nitrogen and oxygen atoms in total. The molecule has 0 fully saturated rings. The van der Waals surface area contributed by atoms with E-state index in [1.807, 2.05) is 13.0 Å². The summed E-state index contributed by atoms with van der Waals surface area (Å²) in [5.74, 6) is 1.25. The Labute approximate surface area is 101 Å². The summed E-state index contributed by atoms with van der Waals surface area (Å²) in [4.78, 5) is 12.0. The van der Waals surface area contributed by atoms with Gasteiger partial charge in [-0.05, 0) is 30.2 Å². The molecule has 1 amide bonds. The van der Waals surface area contributed by atoms with Gasteiger partial charge in [-0.25, -0.2) is 4.79 Å². The first-order valence-corrected chi connectivity index (χ1v) is 5.15. The van der Waals surface area contributed by atoms with Crippen molar-refractivity contribution in [3.05, 3.63) is 23.3 Å². The van der Waals surface area contributed by atoms with Gasteiger partial charge in [0.15, 0.2) is 11.5 Å². The van der Waals surface area contributed by atoms with Gasteiger partial charge in [-0.3, -0.25) is 0 Å². The molecule has 1 aromatic carbocycles. The van der Waals surface area contributed by atoms with E-state index in [9.17, 15) is 4.79 Å². The molecule has 1 N–H and O–H groups in total. The number of rotatable bonds is 4. The van der Waals surface area contributed by atoms with Gasteiger partial charge in [-0.15, -0.1) is 0 Å². The van der Waals surface area contributed by atoms with Gasteiger partial charge in [0.2, 0.25) is 0 Å². The first kappa shape index (κ1) is 13.2. The van der Waals surface area contributed by atoms with Crippen molar-refractivity contribution < 1.29 is 19.4 Å². The summed E-state index contributed by atoms with van der Waals surface area (Å²) in [5.41, 5.74) is 1.86. The molecule has 0 atom stereocenters. The third-order valence-electron chi connectivity index (χ3n) is 2.58. The highest BCUT2D eigenvalue weighted by Gasteiger charge is 2.12. The molecule has 94 valence electrons. The summed E-state index contributed by atoms with van der Waals surface area (Å²) in [6, 6.07) is 3.64. The van der Waals surface area contributed by atoms with Crippen LogP contribution in [0.3, 0.4) is 0 Å². The molecule has 0 saturated heterocycles. The summed E-state index contributed by atoms with van der Waals surface area (Å²) >= 11 is 0. The fourth-order valence-corrected chi connectivity index (χ4v) is 1.52. The lowest BCUT2D eigenvalue weighted by molar-refractivity contribution is 0.153. The first-order valence-electron chi connectivity index (χ1n) is 5.15. The summed E-state index contributed by atoms with van der Waals surface area (Å²) in [7, 11) is 4.65. The summed E-state index contributed by atoms with van der Waals surface area (Å²) in [5, 5.41) is 8.83. The molecule has 0 spiro atoms. The first-order chi connectivity index (χ1) is 7.99. The Morgan fingerprint density at radius 1 is 1.29 bits per heavy atom. The van der Waals surface area contributed by atoms with Crippen molar-refractivity contribution >= 4 is 6.09 Å². The average Bonchev–Trinajstić information content (AvgIpc) is 2.30. The van der Waals surface area contributed by atoms with Gasteiger partial charge in [0, 0.05) is 13.6 Å². The van der Waals surface area contributed by atoms with Crippen LogP contribution in [-0.4, -0.2) is 37.4 Å². The fourth-order valence-electron chi connectivity index (χ4n) is 1.52. The Kier molecular flexibility index (Phi) is 4.20. The molecule has 0 aliphatic rings. The van der Waals surface area contributed by atoms with Crippen LogP contribution in [0.25, 0.3) is 0 Å². The monoisotopic (exact) mass is 239 g/mol. The van der Waals surface area contributed by atoms with Crippen LogP contribution in [0.5, 0.6) is 11.5 Å². The number of hydrogen-bond acceptors (Lipinski definition) is 3. The molecule has 0 heterocycles. The van der Waals surface area contributed by atoms with Crippen LogP contribution in [0.2, 0.25) is 0 Å². The number of carboxylic acid groups (broad SMARTS) is 1. The maximum atomic E-state index is 10.8. The van der Waals surface area contributed by atoms with E-state index in [1.54, 1.807) is 20.3 Å². The normalized spacial score (nSPS) is 9.88. The third kappa shape index (κ3) is 3.03. The number of aryl methyl sites for hydroxylation is 1. The van der Waals surface area contributed by atoms with Gasteiger partial charge < -0.3 is 19.5 Å². The van der Waals surface area contributed by atoms with Crippen molar-refractivity contribution in [3.8, 4) is 11.5 Å². The van der Waals surface area contributed by atoms with Crippen LogP contribution in [0.1, 0.15) is 11.1 Å². The highest BCUT2D eigenvalue weighted by molar-refractivity contribution is 5.64. The number of hydrogen-bond donors (Lipinski definition) is 1. The summed E-state index contributed by atoms with van der Waals surface area (Å²) < 4.78 is 10.4. The third-order valence-corrected chi connectivity index (χ3v) is 2.58. The second kappa shape index (κ2) is 5.43. The molecular formula is C12H17NO4. The Morgan fingerprint density at radius 3 is 2.29 bits per heavy atom. The van der Waals surface area contributed by atoms with Crippen molar-refractivity contribution in [2.45, 2.75) is 13.5 Å². The molecular weight excluding hydrogens is 222 g/mol. The Bertz CT molecular complexity index is 417. The maximum Gasteiger partial charge on any atom is 0.407 e. The zero-order valence-electron chi connectivity index (χ0n) is 10.5. The lowest BCUT2D eigenvalue weighted by atomic mass is 10.1. The number of amides is 1. The lowest BCUT2D eigenvalue weighted by Gasteiger charge is -2.17. The zero-order valence-corrected chi connectivity index (χ0v) is 10.5. The smallest absolute Gasteiger partial charge is 0.407 e. The second-order valence-electron chi connectivity index (χ2n) is 3.77. The number of benzene rings is 1. The van der Waals surface area contributed by atoms with Crippen molar-refractivity contribution in [2.24, 2.45) is 0 Å². The summed E-state index contributed by atoms with van der Waals surface area (Å²) in [6.45, 7) is 2.23. The number of nitrogens with zero attached hydrogens (tertiary/aromatic N) is 1. The molecule has 0 bridgehead atoms. The van der Waals surface area contributed by atoms with E-state index in [0.717, 1.165) is 11.1 Å². The van der Waals surface area contributed by atoms with Crippen LogP contribution in [0.15, 0.2) is 12.1 Å². The van der Waals surface area contributed by atoms with E-state index in [0.29, 0.717) is 18.0 Å². The SMILES string of the molecule is COc1cc(C)c(CN(C)C(=O)O)cc1OC. The minimum atomic E-state index is -0.959. The van der Waals surface area contributed by atoms with Gasteiger partial charge in [0.05, 0.1) is 14.2 Å². The Morgan fingerprint density at radius 2 is 1.82 bits per heavy atom. The van der Waals surface area contributed by atoms with Crippen LogP contribution in [0.4, 0.5) is 4.79 Å². The lowest BCUT2D eigenvalue weighted by Crippen LogP contribution is -2.24. The Balaban J connectivity index is 3.04. The van der Waals surface area contributed by atoms with E-state index in [-0.39, 0.29) is 0 Å². The van der Waals surface area contributed by atoms with Crippen molar-refractivity contribution in [3.63, 3.8) is 0 Å². The van der Waals surface area contributed by atoms with Crippen LogP contribution >= 0.6 is 0 Å². The standard InChI is InChI=1S/C12H17NO4/c1-8-5-10(16-3)11(17-4)6-9(8)7-13(2)12(14)15/h5-6H,7H2,1-4H3,(H,14,15).